The Morgan fingerprint density at radius 2 is 1.89 bits per heavy atom. The molecule has 0 saturated heterocycles. The Labute approximate surface area is 115 Å². The van der Waals surface area contributed by atoms with E-state index in [1.165, 1.54) is 0 Å². The molecule has 0 amide bonds. The van der Waals surface area contributed by atoms with E-state index in [4.69, 9.17) is 10.5 Å². The molecule has 0 aliphatic carbocycles. The highest BCUT2D eigenvalue weighted by atomic mass is 79.9. The van der Waals surface area contributed by atoms with Crippen LogP contribution >= 0.6 is 15.9 Å². The van der Waals surface area contributed by atoms with Crippen molar-refractivity contribution >= 4 is 27.3 Å². The van der Waals surface area contributed by atoms with Gasteiger partial charge in [-0.1, -0.05) is 6.07 Å². The van der Waals surface area contributed by atoms with Crippen LogP contribution in [0.2, 0.25) is 0 Å². The van der Waals surface area contributed by atoms with Crippen LogP contribution in [0.4, 0.5) is 11.4 Å². The first-order chi connectivity index (χ1) is 8.56. The number of rotatable bonds is 3. The summed E-state index contributed by atoms with van der Waals surface area (Å²) < 4.78 is 6.67. The SMILES string of the molecule is CN(C)c1cccc(Oc2ccc(N)cc2Br)c1. The molecule has 2 aromatic carbocycles. The molecule has 2 rings (SSSR count). The summed E-state index contributed by atoms with van der Waals surface area (Å²) in [6, 6.07) is 13.4. The molecule has 0 aliphatic rings. The fourth-order valence-electron chi connectivity index (χ4n) is 1.55. The lowest BCUT2D eigenvalue weighted by atomic mass is 10.3. The van der Waals surface area contributed by atoms with Gasteiger partial charge in [0.05, 0.1) is 4.47 Å². The molecule has 0 aromatic heterocycles. The summed E-state index contributed by atoms with van der Waals surface area (Å²) in [7, 11) is 4.00. The lowest BCUT2D eigenvalue weighted by Gasteiger charge is -2.14. The van der Waals surface area contributed by atoms with Crippen molar-refractivity contribution in [3.63, 3.8) is 0 Å². The molecule has 0 heterocycles. The average molecular weight is 307 g/mol. The maximum Gasteiger partial charge on any atom is 0.141 e. The molecule has 94 valence electrons. The van der Waals surface area contributed by atoms with Crippen LogP contribution in [0.5, 0.6) is 11.5 Å². The van der Waals surface area contributed by atoms with Crippen LogP contribution in [-0.2, 0) is 0 Å². The van der Waals surface area contributed by atoms with E-state index < -0.39 is 0 Å². The second-order valence-corrected chi connectivity index (χ2v) is 5.04. The van der Waals surface area contributed by atoms with Crippen molar-refractivity contribution in [1.82, 2.24) is 0 Å². The number of hydrogen-bond acceptors (Lipinski definition) is 3. The van der Waals surface area contributed by atoms with Crippen molar-refractivity contribution < 1.29 is 4.74 Å². The highest BCUT2D eigenvalue weighted by Crippen LogP contribution is 2.32. The zero-order valence-corrected chi connectivity index (χ0v) is 11.9. The van der Waals surface area contributed by atoms with Crippen LogP contribution in [0.15, 0.2) is 46.9 Å². The molecule has 2 N–H and O–H groups in total. The maximum absolute atomic E-state index is 5.83. The predicted octanol–water partition coefficient (Wildman–Crippen LogP) is 3.89. The summed E-state index contributed by atoms with van der Waals surface area (Å²) in [5, 5.41) is 0. The van der Waals surface area contributed by atoms with Crippen molar-refractivity contribution in [1.29, 1.82) is 0 Å². The van der Waals surface area contributed by atoms with Crippen LogP contribution in [-0.4, -0.2) is 14.1 Å². The van der Waals surface area contributed by atoms with Gasteiger partial charge in [-0.2, -0.15) is 0 Å². The van der Waals surface area contributed by atoms with Gasteiger partial charge in [-0.05, 0) is 46.3 Å². The van der Waals surface area contributed by atoms with Gasteiger partial charge in [0.2, 0.25) is 0 Å². The van der Waals surface area contributed by atoms with Gasteiger partial charge in [0, 0.05) is 31.5 Å². The number of nitrogen functional groups attached to an aromatic ring is 1. The Morgan fingerprint density at radius 3 is 2.56 bits per heavy atom. The lowest BCUT2D eigenvalue weighted by molar-refractivity contribution is 0.480. The van der Waals surface area contributed by atoms with Gasteiger partial charge in [0.15, 0.2) is 0 Å². The standard InChI is InChI=1S/C14H15BrN2O/c1-17(2)11-4-3-5-12(9-11)18-14-7-6-10(16)8-13(14)15/h3-9H,16H2,1-2H3. The summed E-state index contributed by atoms with van der Waals surface area (Å²) in [5.74, 6) is 1.55. The molecule has 0 bridgehead atoms. The molecule has 0 fully saturated rings. The van der Waals surface area contributed by atoms with Crippen molar-refractivity contribution in [3.8, 4) is 11.5 Å². The van der Waals surface area contributed by atoms with Crippen molar-refractivity contribution in [2.75, 3.05) is 24.7 Å². The summed E-state index contributed by atoms with van der Waals surface area (Å²) >= 11 is 3.44. The van der Waals surface area contributed by atoms with Crippen molar-refractivity contribution in [2.45, 2.75) is 0 Å². The van der Waals surface area contributed by atoms with Crippen LogP contribution in [0.1, 0.15) is 0 Å². The first-order valence-corrected chi connectivity index (χ1v) is 6.36. The van der Waals surface area contributed by atoms with Gasteiger partial charge in [-0.15, -0.1) is 0 Å². The number of anilines is 2. The molecule has 0 aliphatic heterocycles. The Balaban J connectivity index is 2.25. The second-order valence-electron chi connectivity index (χ2n) is 4.18. The third kappa shape index (κ3) is 2.96. The van der Waals surface area contributed by atoms with Crippen molar-refractivity contribution in [2.24, 2.45) is 0 Å². The smallest absolute Gasteiger partial charge is 0.141 e. The van der Waals surface area contributed by atoms with E-state index in [1.807, 2.05) is 61.5 Å². The summed E-state index contributed by atoms with van der Waals surface area (Å²) in [6.45, 7) is 0. The largest absolute Gasteiger partial charge is 0.456 e. The van der Waals surface area contributed by atoms with Gasteiger partial charge in [-0.3, -0.25) is 0 Å². The minimum Gasteiger partial charge on any atom is -0.456 e. The van der Waals surface area contributed by atoms with E-state index in [9.17, 15) is 0 Å². The van der Waals surface area contributed by atoms with E-state index in [0.717, 1.165) is 21.7 Å². The van der Waals surface area contributed by atoms with E-state index in [-0.39, 0.29) is 0 Å². The average Bonchev–Trinajstić information content (AvgIpc) is 2.33. The Hall–Kier alpha value is -1.68. The number of ether oxygens (including phenoxy) is 1. The van der Waals surface area contributed by atoms with Gasteiger partial charge < -0.3 is 15.4 Å². The molecule has 3 nitrogen and oxygen atoms in total. The summed E-state index contributed by atoms with van der Waals surface area (Å²) in [5.41, 5.74) is 7.49. The van der Waals surface area contributed by atoms with E-state index in [0.29, 0.717) is 5.69 Å². The third-order valence-electron chi connectivity index (χ3n) is 2.52. The van der Waals surface area contributed by atoms with Crippen LogP contribution in [0.3, 0.4) is 0 Å². The van der Waals surface area contributed by atoms with Gasteiger partial charge in [0.25, 0.3) is 0 Å². The second kappa shape index (κ2) is 5.31. The first-order valence-electron chi connectivity index (χ1n) is 5.56. The summed E-state index contributed by atoms with van der Waals surface area (Å²) in [4.78, 5) is 2.03. The number of benzene rings is 2. The molecular weight excluding hydrogens is 292 g/mol. The van der Waals surface area contributed by atoms with Gasteiger partial charge in [-0.25, -0.2) is 0 Å². The highest BCUT2D eigenvalue weighted by molar-refractivity contribution is 9.10. The van der Waals surface area contributed by atoms with E-state index >= 15 is 0 Å². The molecule has 18 heavy (non-hydrogen) atoms. The Morgan fingerprint density at radius 1 is 1.11 bits per heavy atom. The normalized spacial score (nSPS) is 10.2. The molecule has 0 unspecified atom stereocenters. The maximum atomic E-state index is 5.83. The molecule has 0 spiro atoms. The van der Waals surface area contributed by atoms with E-state index in [1.54, 1.807) is 0 Å². The first kappa shape index (κ1) is 12.8. The summed E-state index contributed by atoms with van der Waals surface area (Å²) in [6.07, 6.45) is 0. The molecule has 0 atom stereocenters. The van der Waals surface area contributed by atoms with Crippen LogP contribution in [0, 0.1) is 0 Å². The number of nitrogens with two attached hydrogens (primary N) is 1. The lowest BCUT2D eigenvalue weighted by Crippen LogP contribution is -2.08. The minimum absolute atomic E-state index is 0.705. The van der Waals surface area contributed by atoms with Crippen molar-refractivity contribution in [3.05, 3.63) is 46.9 Å². The zero-order chi connectivity index (χ0) is 13.1. The minimum atomic E-state index is 0.705. The monoisotopic (exact) mass is 306 g/mol. The topological polar surface area (TPSA) is 38.5 Å². The predicted molar refractivity (Wildman–Crippen MR) is 79.4 cm³/mol. The highest BCUT2D eigenvalue weighted by Gasteiger charge is 2.04. The number of hydrogen-bond donors (Lipinski definition) is 1. The zero-order valence-electron chi connectivity index (χ0n) is 10.4. The fraction of sp³-hybridized carbons (Fsp3) is 0.143. The molecule has 0 radical (unpaired) electrons. The Kier molecular flexibility index (Phi) is 3.77. The van der Waals surface area contributed by atoms with Crippen LogP contribution in [0.25, 0.3) is 0 Å². The molecular formula is C14H15BrN2O. The van der Waals surface area contributed by atoms with E-state index in [2.05, 4.69) is 15.9 Å². The van der Waals surface area contributed by atoms with Crippen LogP contribution < -0.4 is 15.4 Å². The third-order valence-corrected chi connectivity index (χ3v) is 3.14. The fourth-order valence-corrected chi connectivity index (χ4v) is 2.03. The van der Waals surface area contributed by atoms with Gasteiger partial charge >= 0.3 is 0 Å². The number of nitrogens with zero attached hydrogens (tertiary/aromatic N) is 1. The quantitative estimate of drug-likeness (QED) is 0.874. The molecule has 0 saturated carbocycles. The van der Waals surface area contributed by atoms with Gasteiger partial charge in [0.1, 0.15) is 11.5 Å². The Bertz CT molecular complexity index is 555. The number of halogens is 1. The molecule has 2 aromatic rings. The molecule has 4 heteroatoms.